The predicted molar refractivity (Wildman–Crippen MR) is 132 cm³/mol. The fraction of sp³-hybridized carbons (Fsp3) is 0.462. The molecule has 32 heavy (non-hydrogen) atoms. The highest BCUT2D eigenvalue weighted by atomic mass is 16.2. The van der Waals surface area contributed by atoms with Gasteiger partial charge in [0.25, 0.3) is 5.91 Å². The normalized spacial score (nSPS) is 17.1. The second-order valence-corrected chi connectivity index (χ2v) is 8.58. The number of amides is 1. The Labute approximate surface area is 192 Å². The first kappa shape index (κ1) is 23.8. The number of rotatable bonds is 8. The monoisotopic (exact) mass is 435 g/mol. The summed E-state index contributed by atoms with van der Waals surface area (Å²) in [5, 5.41) is 6.92. The highest BCUT2D eigenvalue weighted by Crippen LogP contribution is 2.19. The van der Waals surface area contributed by atoms with Gasteiger partial charge < -0.3 is 15.5 Å². The molecule has 0 aliphatic carbocycles. The van der Waals surface area contributed by atoms with Crippen LogP contribution in [0.4, 0.5) is 0 Å². The Morgan fingerprint density at radius 1 is 1.03 bits per heavy atom. The molecule has 0 aromatic heterocycles. The number of likely N-dealkylation sites (tertiary alicyclic amines) is 1. The summed E-state index contributed by atoms with van der Waals surface area (Å²) in [7, 11) is 3.53. The minimum atomic E-state index is 0.0163. The Morgan fingerprint density at radius 3 is 2.47 bits per heavy atom. The Hall–Kier alpha value is -2.86. The molecule has 172 valence electrons. The summed E-state index contributed by atoms with van der Waals surface area (Å²) in [6, 6.07) is 18.9. The zero-order valence-corrected chi connectivity index (χ0v) is 19.7. The maximum absolute atomic E-state index is 12.1. The third-order valence-corrected chi connectivity index (χ3v) is 5.85. The van der Waals surface area contributed by atoms with E-state index in [9.17, 15) is 4.79 Å². The van der Waals surface area contributed by atoms with Gasteiger partial charge in [-0.05, 0) is 49.6 Å². The number of guanidine groups is 1. The summed E-state index contributed by atoms with van der Waals surface area (Å²) in [5.41, 5.74) is 3.15. The second kappa shape index (κ2) is 12.2. The van der Waals surface area contributed by atoms with Crippen LogP contribution in [-0.4, -0.2) is 61.4 Å². The Kier molecular flexibility index (Phi) is 9.11. The molecule has 0 spiro atoms. The summed E-state index contributed by atoms with van der Waals surface area (Å²) >= 11 is 0. The van der Waals surface area contributed by atoms with Crippen molar-refractivity contribution in [3.8, 4) is 0 Å². The van der Waals surface area contributed by atoms with Crippen LogP contribution >= 0.6 is 0 Å². The standard InChI is InChI=1S/C26H37N5O/c1-4-27-26(28-18-21-13-15-23(16-14-21)25(32)30(2)3)29-19-24-12-8-9-17-31(24)20-22-10-6-5-7-11-22/h5-7,10-11,13-16,24H,4,8-9,12,17-20H2,1-3H3,(H2,27,28,29). The van der Waals surface area contributed by atoms with Gasteiger partial charge >= 0.3 is 0 Å². The molecule has 1 saturated heterocycles. The molecule has 2 N–H and O–H groups in total. The van der Waals surface area contributed by atoms with Gasteiger partial charge in [-0.25, -0.2) is 4.99 Å². The third-order valence-electron chi connectivity index (χ3n) is 5.85. The van der Waals surface area contributed by atoms with Crippen LogP contribution in [0, 0.1) is 0 Å². The molecule has 1 atom stereocenters. The van der Waals surface area contributed by atoms with E-state index in [0.29, 0.717) is 18.2 Å². The largest absolute Gasteiger partial charge is 0.357 e. The molecule has 6 nitrogen and oxygen atoms in total. The number of carbonyl (C=O) groups excluding carboxylic acids is 1. The van der Waals surface area contributed by atoms with Gasteiger partial charge in [-0.1, -0.05) is 48.9 Å². The lowest BCUT2D eigenvalue weighted by atomic mass is 10.0. The predicted octanol–water partition coefficient (Wildman–Crippen LogP) is 3.50. The number of hydrogen-bond donors (Lipinski definition) is 2. The molecule has 1 aliphatic rings. The molecule has 1 aliphatic heterocycles. The first-order valence-electron chi connectivity index (χ1n) is 11.7. The molecule has 2 aromatic rings. The summed E-state index contributed by atoms with van der Waals surface area (Å²) in [6.45, 7) is 6.51. The first-order valence-corrected chi connectivity index (χ1v) is 11.7. The van der Waals surface area contributed by atoms with Crippen LogP contribution in [0.3, 0.4) is 0 Å². The maximum atomic E-state index is 12.1. The molecule has 6 heteroatoms. The van der Waals surface area contributed by atoms with Crippen molar-refractivity contribution in [1.29, 1.82) is 0 Å². The van der Waals surface area contributed by atoms with E-state index >= 15 is 0 Å². The number of piperidine rings is 1. The van der Waals surface area contributed by atoms with E-state index in [4.69, 9.17) is 4.99 Å². The van der Waals surface area contributed by atoms with Crippen molar-refractivity contribution in [1.82, 2.24) is 20.4 Å². The molecule has 1 heterocycles. The molecule has 0 saturated carbocycles. The fourth-order valence-electron chi connectivity index (χ4n) is 4.05. The van der Waals surface area contributed by atoms with Gasteiger partial charge in [0.2, 0.25) is 0 Å². The average molecular weight is 436 g/mol. The smallest absolute Gasteiger partial charge is 0.253 e. The van der Waals surface area contributed by atoms with Crippen LogP contribution in [0.5, 0.6) is 0 Å². The number of nitrogens with zero attached hydrogens (tertiary/aromatic N) is 3. The second-order valence-electron chi connectivity index (χ2n) is 8.58. The average Bonchev–Trinajstić information content (AvgIpc) is 2.82. The van der Waals surface area contributed by atoms with Crippen molar-refractivity contribution in [2.75, 3.05) is 33.7 Å². The van der Waals surface area contributed by atoms with Crippen LogP contribution < -0.4 is 10.6 Å². The summed E-state index contributed by atoms with van der Waals surface area (Å²) in [4.78, 5) is 21.0. The van der Waals surface area contributed by atoms with Gasteiger partial charge in [0.05, 0.1) is 6.54 Å². The minimum Gasteiger partial charge on any atom is -0.357 e. The maximum Gasteiger partial charge on any atom is 0.253 e. The molecular formula is C26H37N5O. The van der Waals surface area contributed by atoms with Gasteiger partial charge in [-0.15, -0.1) is 0 Å². The molecule has 0 radical (unpaired) electrons. The van der Waals surface area contributed by atoms with E-state index in [1.54, 1.807) is 19.0 Å². The van der Waals surface area contributed by atoms with Crippen molar-refractivity contribution in [2.24, 2.45) is 4.99 Å². The minimum absolute atomic E-state index is 0.0163. The van der Waals surface area contributed by atoms with Crippen LogP contribution in [-0.2, 0) is 13.1 Å². The van der Waals surface area contributed by atoms with Crippen molar-refractivity contribution < 1.29 is 4.79 Å². The van der Waals surface area contributed by atoms with Crippen LogP contribution in [0.2, 0.25) is 0 Å². The van der Waals surface area contributed by atoms with E-state index in [2.05, 4.69) is 52.8 Å². The van der Waals surface area contributed by atoms with Crippen LogP contribution in [0.25, 0.3) is 0 Å². The lowest BCUT2D eigenvalue weighted by Crippen LogP contribution is -2.48. The molecule has 1 fully saturated rings. The van der Waals surface area contributed by atoms with E-state index in [0.717, 1.165) is 37.7 Å². The van der Waals surface area contributed by atoms with Crippen LogP contribution in [0.1, 0.15) is 47.7 Å². The summed E-state index contributed by atoms with van der Waals surface area (Å²) in [5.74, 6) is 0.855. The molecule has 0 bridgehead atoms. The lowest BCUT2D eigenvalue weighted by molar-refractivity contribution is 0.0827. The lowest BCUT2D eigenvalue weighted by Gasteiger charge is -2.36. The molecule has 1 unspecified atom stereocenters. The zero-order valence-electron chi connectivity index (χ0n) is 19.7. The summed E-state index contributed by atoms with van der Waals surface area (Å²) in [6.07, 6.45) is 3.76. The summed E-state index contributed by atoms with van der Waals surface area (Å²) < 4.78 is 0. The fourth-order valence-corrected chi connectivity index (χ4v) is 4.05. The van der Waals surface area contributed by atoms with E-state index in [1.807, 2.05) is 24.3 Å². The molecule has 3 rings (SSSR count). The quantitative estimate of drug-likeness (QED) is 0.492. The number of benzene rings is 2. The van der Waals surface area contributed by atoms with Crippen molar-refractivity contribution >= 4 is 11.9 Å². The van der Waals surface area contributed by atoms with Crippen molar-refractivity contribution in [3.05, 3.63) is 71.3 Å². The Bertz CT molecular complexity index is 864. The van der Waals surface area contributed by atoms with Crippen molar-refractivity contribution in [2.45, 2.75) is 45.3 Å². The third kappa shape index (κ3) is 7.09. The molecule has 1 amide bonds. The van der Waals surface area contributed by atoms with Crippen LogP contribution in [0.15, 0.2) is 59.6 Å². The Balaban J connectivity index is 1.57. The highest BCUT2D eigenvalue weighted by Gasteiger charge is 2.22. The Morgan fingerprint density at radius 2 is 1.78 bits per heavy atom. The SMILES string of the molecule is CCNC(=NCc1ccc(C(=O)N(C)C)cc1)NCC1CCCCN1Cc1ccccc1. The first-order chi connectivity index (χ1) is 15.6. The molecule has 2 aromatic carbocycles. The van der Waals surface area contributed by atoms with Gasteiger partial charge in [0.1, 0.15) is 0 Å². The van der Waals surface area contributed by atoms with E-state index in [1.165, 1.54) is 24.8 Å². The number of carbonyl (C=O) groups is 1. The molecular weight excluding hydrogens is 398 g/mol. The zero-order chi connectivity index (χ0) is 22.8. The van der Waals surface area contributed by atoms with Gasteiger partial charge in [-0.2, -0.15) is 0 Å². The number of aliphatic imine (C=N–C) groups is 1. The van der Waals surface area contributed by atoms with Gasteiger partial charge in [0.15, 0.2) is 5.96 Å². The van der Waals surface area contributed by atoms with Gasteiger partial charge in [-0.3, -0.25) is 9.69 Å². The highest BCUT2D eigenvalue weighted by molar-refractivity contribution is 5.93. The topological polar surface area (TPSA) is 60.0 Å². The number of hydrogen-bond acceptors (Lipinski definition) is 3. The number of nitrogens with one attached hydrogen (secondary N) is 2. The van der Waals surface area contributed by atoms with Gasteiger partial charge in [0, 0.05) is 45.3 Å². The van der Waals surface area contributed by atoms with E-state index < -0.39 is 0 Å². The van der Waals surface area contributed by atoms with Crippen molar-refractivity contribution in [3.63, 3.8) is 0 Å². The van der Waals surface area contributed by atoms with E-state index in [-0.39, 0.29) is 5.91 Å².